The van der Waals surface area contributed by atoms with E-state index in [0.29, 0.717) is 0 Å². The van der Waals surface area contributed by atoms with Crippen molar-refractivity contribution in [1.29, 1.82) is 0 Å². The third-order valence-corrected chi connectivity index (χ3v) is 5.47. The van der Waals surface area contributed by atoms with Crippen LogP contribution in [0.1, 0.15) is 29.5 Å². The average molecular weight is 431 g/mol. The summed E-state index contributed by atoms with van der Waals surface area (Å²) in [4.78, 5) is 37.8. The molecule has 0 saturated heterocycles. The molecule has 3 rings (SSSR count). The number of nitrogens with two attached hydrogens (primary N) is 1. The molecule has 0 spiro atoms. The molecule has 1 atom stereocenters. The van der Waals surface area contributed by atoms with Crippen LogP contribution in [0.2, 0.25) is 0 Å². The first kappa shape index (κ1) is 22.7. The van der Waals surface area contributed by atoms with E-state index in [1.165, 1.54) is 7.11 Å². The van der Waals surface area contributed by atoms with Gasteiger partial charge in [0, 0.05) is 6.42 Å². The monoisotopic (exact) mass is 430 g/mol. The van der Waals surface area contributed by atoms with Crippen LogP contribution in [-0.2, 0) is 24.5 Å². The lowest BCUT2D eigenvalue weighted by Crippen LogP contribution is -2.53. The highest BCUT2D eigenvalue weighted by Crippen LogP contribution is 2.39. The Labute approximate surface area is 187 Å². The van der Waals surface area contributed by atoms with Crippen molar-refractivity contribution in [1.82, 2.24) is 5.32 Å². The number of hydrogen-bond acceptors (Lipinski definition) is 4. The number of nitrogens with one attached hydrogen (secondary N) is 1. The average Bonchev–Trinajstić information content (AvgIpc) is 2.84. The summed E-state index contributed by atoms with van der Waals surface area (Å²) < 4.78 is 4.66. The molecule has 0 heterocycles. The molecule has 32 heavy (non-hydrogen) atoms. The van der Waals surface area contributed by atoms with Gasteiger partial charge in [0.2, 0.25) is 11.8 Å². The normalized spacial score (nSPS) is 11.9. The Morgan fingerprint density at radius 1 is 0.812 bits per heavy atom. The van der Waals surface area contributed by atoms with E-state index < -0.39 is 29.2 Å². The second kappa shape index (κ2) is 10.4. The first-order chi connectivity index (χ1) is 15.5. The fourth-order valence-corrected chi connectivity index (χ4v) is 3.87. The summed E-state index contributed by atoms with van der Waals surface area (Å²) in [5.41, 5.74) is 6.56. The van der Waals surface area contributed by atoms with E-state index in [9.17, 15) is 14.4 Å². The zero-order valence-corrected chi connectivity index (χ0v) is 17.9. The van der Waals surface area contributed by atoms with Crippen LogP contribution in [0, 0.1) is 0 Å². The number of primary amides is 1. The number of esters is 1. The van der Waals surface area contributed by atoms with Gasteiger partial charge in [-0.15, -0.1) is 0 Å². The molecule has 0 unspecified atom stereocenters. The maximum absolute atomic E-state index is 14.1. The summed E-state index contributed by atoms with van der Waals surface area (Å²) in [6.45, 7) is 0. The first-order valence-corrected chi connectivity index (χ1v) is 10.3. The van der Waals surface area contributed by atoms with Crippen LogP contribution in [0.25, 0.3) is 0 Å². The van der Waals surface area contributed by atoms with Crippen molar-refractivity contribution in [2.24, 2.45) is 5.73 Å². The fraction of sp³-hybridized carbons (Fsp3) is 0.192. The van der Waals surface area contributed by atoms with Crippen LogP contribution in [0.5, 0.6) is 0 Å². The highest BCUT2D eigenvalue weighted by molar-refractivity contribution is 5.98. The third-order valence-electron chi connectivity index (χ3n) is 5.47. The Balaban J connectivity index is 2.14. The molecular weight excluding hydrogens is 404 g/mol. The molecular formula is C26H26N2O4. The van der Waals surface area contributed by atoms with Crippen LogP contribution in [0.3, 0.4) is 0 Å². The molecule has 3 aromatic carbocycles. The minimum atomic E-state index is -1.23. The molecule has 0 aromatic heterocycles. The molecule has 3 N–H and O–H groups in total. The van der Waals surface area contributed by atoms with Crippen molar-refractivity contribution in [3.63, 3.8) is 0 Å². The second-order valence-corrected chi connectivity index (χ2v) is 7.39. The molecule has 6 nitrogen and oxygen atoms in total. The Bertz CT molecular complexity index is 956. The summed E-state index contributed by atoms with van der Waals surface area (Å²) >= 11 is 0. The highest BCUT2D eigenvalue weighted by Gasteiger charge is 2.44. The van der Waals surface area contributed by atoms with E-state index in [0.717, 1.165) is 16.7 Å². The number of amides is 2. The Kier molecular flexibility index (Phi) is 7.39. The van der Waals surface area contributed by atoms with E-state index >= 15 is 0 Å². The molecule has 6 heteroatoms. The van der Waals surface area contributed by atoms with Gasteiger partial charge in [0.05, 0.1) is 7.11 Å². The predicted octanol–water partition coefficient (Wildman–Crippen LogP) is 2.94. The minimum absolute atomic E-state index is 0.0423. The summed E-state index contributed by atoms with van der Waals surface area (Å²) in [7, 11) is 1.27. The van der Waals surface area contributed by atoms with Crippen LogP contribution in [0.4, 0.5) is 0 Å². The SMILES string of the molecule is COC(=O)CC[C@@H](NC(=O)C(c1ccccc1)(c1ccccc1)c1ccccc1)C(N)=O. The maximum atomic E-state index is 14.1. The lowest BCUT2D eigenvalue weighted by Gasteiger charge is -2.35. The summed E-state index contributed by atoms with van der Waals surface area (Å²) in [6, 6.07) is 27.1. The van der Waals surface area contributed by atoms with Gasteiger partial charge in [-0.05, 0) is 23.1 Å². The molecule has 164 valence electrons. The van der Waals surface area contributed by atoms with Crippen molar-refractivity contribution in [3.05, 3.63) is 108 Å². The molecule has 2 amide bonds. The molecule has 0 aliphatic heterocycles. The number of methoxy groups -OCH3 is 1. The van der Waals surface area contributed by atoms with Crippen LogP contribution >= 0.6 is 0 Å². The molecule has 0 aliphatic rings. The molecule has 0 bridgehead atoms. The standard InChI is InChI=1S/C26H26N2O4/c1-32-23(29)18-17-22(24(27)30)28-25(31)26(19-11-5-2-6-12-19,20-13-7-3-8-14-20)21-15-9-4-10-16-21/h2-16,22H,17-18H2,1H3,(H2,27,30)(H,28,31)/t22-/m1/s1. The van der Waals surface area contributed by atoms with Gasteiger partial charge in [0.15, 0.2) is 0 Å². The van der Waals surface area contributed by atoms with Crippen LogP contribution in [0.15, 0.2) is 91.0 Å². The Hall–Kier alpha value is -3.93. The largest absolute Gasteiger partial charge is 0.469 e. The van der Waals surface area contributed by atoms with Gasteiger partial charge in [-0.3, -0.25) is 14.4 Å². The minimum Gasteiger partial charge on any atom is -0.469 e. The van der Waals surface area contributed by atoms with Crippen molar-refractivity contribution >= 4 is 17.8 Å². The molecule has 0 radical (unpaired) electrons. The highest BCUT2D eigenvalue weighted by atomic mass is 16.5. The van der Waals surface area contributed by atoms with Crippen molar-refractivity contribution in [3.8, 4) is 0 Å². The number of hydrogen-bond donors (Lipinski definition) is 2. The molecule has 0 fully saturated rings. The molecule has 0 saturated carbocycles. The van der Waals surface area contributed by atoms with Gasteiger partial charge in [-0.25, -0.2) is 0 Å². The van der Waals surface area contributed by atoms with E-state index in [4.69, 9.17) is 5.73 Å². The second-order valence-electron chi connectivity index (χ2n) is 7.39. The zero-order valence-electron chi connectivity index (χ0n) is 17.9. The predicted molar refractivity (Wildman–Crippen MR) is 122 cm³/mol. The molecule has 0 aliphatic carbocycles. The number of rotatable bonds is 9. The van der Waals surface area contributed by atoms with Gasteiger partial charge in [-0.1, -0.05) is 91.0 Å². The number of ether oxygens (including phenoxy) is 1. The van der Waals surface area contributed by atoms with Gasteiger partial charge < -0.3 is 15.8 Å². The van der Waals surface area contributed by atoms with Crippen molar-refractivity contribution in [2.45, 2.75) is 24.3 Å². The van der Waals surface area contributed by atoms with Crippen LogP contribution in [-0.4, -0.2) is 30.9 Å². The zero-order chi connectivity index (χ0) is 23.0. The first-order valence-electron chi connectivity index (χ1n) is 10.3. The summed E-state index contributed by atoms with van der Waals surface area (Å²) in [5, 5.41) is 2.81. The van der Waals surface area contributed by atoms with Crippen molar-refractivity contribution in [2.75, 3.05) is 7.11 Å². The van der Waals surface area contributed by atoms with Crippen molar-refractivity contribution < 1.29 is 19.1 Å². The van der Waals surface area contributed by atoms with Crippen LogP contribution < -0.4 is 11.1 Å². The summed E-state index contributed by atoms with van der Waals surface area (Å²) in [5.74, 6) is -1.61. The number of carbonyl (C=O) groups excluding carboxylic acids is 3. The van der Waals surface area contributed by atoms with Gasteiger partial charge >= 0.3 is 5.97 Å². The smallest absolute Gasteiger partial charge is 0.305 e. The maximum Gasteiger partial charge on any atom is 0.305 e. The third kappa shape index (κ3) is 4.70. The molecule has 3 aromatic rings. The van der Waals surface area contributed by atoms with E-state index in [1.807, 2.05) is 91.0 Å². The van der Waals surface area contributed by atoms with Gasteiger partial charge in [0.25, 0.3) is 0 Å². The fourth-order valence-electron chi connectivity index (χ4n) is 3.87. The topological polar surface area (TPSA) is 98.5 Å². The van der Waals surface area contributed by atoms with Gasteiger partial charge in [-0.2, -0.15) is 0 Å². The lowest BCUT2D eigenvalue weighted by molar-refractivity contribution is -0.141. The van der Waals surface area contributed by atoms with E-state index in [2.05, 4.69) is 10.1 Å². The number of carbonyl (C=O) groups is 3. The summed E-state index contributed by atoms with van der Waals surface area (Å²) in [6.07, 6.45) is 0.00158. The van der Waals surface area contributed by atoms with Gasteiger partial charge in [0.1, 0.15) is 11.5 Å². The van der Waals surface area contributed by atoms with E-state index in [-0.39, 0.29) is 12.8 Å². The Morgan fingerprint density at radius 3 is 1.56 bits per heavy atom. The lowest BCUT2D eigenvalue weighted by atomic mass is 9.68. The Morgan fingerprint density at radius 2 is 1.22 bits per heavy atom. The number of benzene rings is 3. The quantitative estimate of drug-likeness (QED) is 0.403. The van der Waals surface area contributed by atoms with E-state index in [1.54, 1.807) is 0 Å².